The third kappa shape index (κ3) is 3.88. The SMILES string of the molecule is Cc1ccccc1-c1c[n+](C)c(-c2c(C)ccc3c2Cc2c(C)cccc2-3)cc1CC(C)(C)C. The molecule has 1 aromatic heterocycles. The summed E-state index contributed by atoms with van der Waals surface area (Å²) in [7, 11) is 2.21. The normalized spacial score (nSPS) is 12.6. The summed E-state index contributed by atoms with van der Waals surface area (Å²) in [5.74, 6) is 0. The Bertz CT molecular complexity index is 1420. The lowest BCUT2D eigenvalue weighted by molar-refractivity contribution is -0.660. The molecule has 1 heteroatoms. The van der Waals surface area contributed by atoms with Crippen LogP contribution >= 0.6 is 0 Å². The maximum Gasteiger partial charge on any atom is 0.213 e. The second kappa shape index (κ2) is 8.24. The maximum absolute atomic E-state index is 2.48. The first kappa shape index (κ1) is 22.6. The van der Waals surface area contributed by atoms with Crippen LogP contribution in [0.5, 0.6) is 0 Å². The van der Waals surface area contributed by atoms with E-state index in [0.717, 1.165) is 12.8 Å². The number of benzene rings is 3. The molecule has 0 saturated heterocycles. The van der Waals surface area contributed by atoms with Crippen LogP contribution in [0.15, 0.2) is 66.9 Å². The zero-order valence-corrected chi connectivity index (χ0v) is 21.7. The van der Waals surface area contributed by atoms with Crippen molar-refractivity contribution in [3.8, 4) is 33.5 Å². The second-order valence-electron chi connectivity index (χ2n) is 11.3. The number of hydrogen-bond acceptors (Lipinski definition) is 0. The highest BCUT2D eigenvalue weighted by molar-refractivity contribution is 5.86. The van der Waals surface area contributed by atoms with Gasteiger partial charge in [0.1, 0.15) is 7.05 Å². The van der Waals surface area contributed by atoms with Crippen molar-refractivity contribution in [1.82, 2.24) is 0 Å². The Balaban J connectivity index is 1.75. The topological polar surface area (TPSA) is 3.88 Å². The Morgan fingerprint density at radius 2 is 1.38 bits per heavy atom. The summed E-state index contributed by atoms with van der Waals surface area (Å²) >= 11 is 0. The minimum Gasteiger partial charge on any atom is -0.200 e. The van der Waals surface area contributed by atoms with E-state index in [4.69, 9.17) is 0 Å². The van der Waals surface area contributed by atoms with Crippen molar-refractivity contribution >= 4 is 0 Å². The highest BCUT2D eigenvalue weighted by Crippen LogP contribution is 2.44. The quantitative estimate of drug-likeness (QED) is 0.248. The van der Waals surface area contributed by atoms with Crippen molar-refractivity contribution in [1.29, 1.82) is 0 Å². The van der Waals surface area contributed by atoms with E-state index in [2.05, 4.69) is 120 Å². The van der Waals surface area contributed by atoms with Crippen LogP contribution in [0.2, 0.25) is 0 Å². The maximum atomic E-state index is 2.48. The number of pyridine rings is 1. The molecule has 0 atom stereocenters. The molecule has 1 aliphatic carbocycles. The Morgan fingerprint density at radius 1 is 0.706 bits per heavy atom. The average molecular weight is 447 g/mol. The van der Waals surface area contributed by atoms with E-state index < -0.39 is 0 Å². The highest BCUT2D eigenvalue weighted by Gasteiger charge is 2.29. The average Bonchev–Trinajstić information content (AvgIpc) is 3.15. The molecule has 0 amide bonds. The van der Waals surface area contributed by atoms with Crippen LogP contribution in [0, 0.1) is 26.2 Å². The summed E-state index contributed by atoms with van der Waals surface area (Å²) in [6, 6.07) is 22.6. The first-order valence-corrected chi connectivity index (χ1v) is 12.4. The van der Waals surface area contributed by atoms with Gasteiger partial charge in [0.2, 0.25) is 5.69 Å². The first-order chi connectivity index (χ1) is 16.1. The van der Waals surface area contributed by atoms with E-state index in [-0.39, 0.29) is 5.41 Å². The minimum atomic E-state index is 0.204. The molecule has 172 valence electrons. The monoisotopic (exact) mass is 446 g/mol. The third-order valence-corrected chi connectivity index (χ3v) is 7.35. The van der Waals surface area contributed by atoms with Crippen molar-refractivity contribution in [2.75, 3.05) is 0 Å². The smallest absolute Gasteiger partial charge is 0.200 e. The zero-order chi connectivity index (χ0) is 24.2. The Kier molecular flexibility index (Phi) is 5.47. The summed E-state index contributed by atoms with van der Waals surface area (Å²) in [4.78, 5) is 0. The van der Waals surface area contributed by atoms with Crippen LogP contribution in [0.3, 0.4) is 0 Å². The number of aromatic nitrogens is 1. The zero-order valence-electron chi connectivity index (χ0n) is 21.7. The molecule has 5 rings (SSSR count). The Morgan fingerprint density at radius 3 is 2.12 bits per heavy atom. The van der Waals surface area contributed by atoms with Crippen molar-refractivity contribution in [3.63, 3.8) is 0 Å². The van der Waals surface area contributed by atoms with Crippen LogP contribution in [0.1, 0.15) is 54.2 Å². The summed E-state index contributed by atoms with van der Waals surface area (Å²) in [6.07, 6.45) is 4.42. The third-order valence-electron chi connectivity index (χ3n) is 7.35. The molecule has 1 heterocycles. The van der Waals surface area contributed by atoms with Crippen LogP contribution in [0.25, 0.3) is 33.5 Å². The first-order valence-electron chi connectivity index (χ1n) is 12.4. The number of fused-ring (bicyclic) bond motifs is 3. The minimum absolute atomic E-state index is 0.204. The lowest BCUT2D eigenvalue weighted by Gasteiger charge is -2.22. The lowest BCUT2D eigenvalue weighted by Crippen LogP contribution is -2.32. The van der Waals surface area contributed by atoms with E-state index in [1.165, 1.54) is 66.9 Å². The lowest BCUT2D eigenvalue weighted by atomic mass is 9.83. The largest absolute Gasteiger partial charge is 0.213 e. The van der Waals surface area contributed by atoms with Crippen molar-refractivity contribution < 1.29 is 4.57 Å². The number of hydrogen-bond donors (Lipinski definition) is 0. The predicted octanol–water partition coefficient (Wildman–Crippen LogP) is 7.93. The number of nitrogens with zero attached hydrogens (tertiary/aromatic N) is 1. The van der Waals surface area contributed by atoms with Gasteiger partial charge in [0, 0.05) is 11.6 Å². The van der Waals surface area contributed by atoms with Gasteiger partial charge >= 0.3 is 0 Å². The molecule has 3 aromatic carbocycles. The van der Waals surface area contributed by atoms with Crippen molar-refractivity contribution in [2.24, 2.45) is 12.5 Å². The molecule has 0 bridgehead atoms. The predicted molar refractivity (Wildman–Crippen MR) is 144 cm³/mol. The molecule has 1 aliphatic rings. The van der Waals surface area contributed by atoms with Crippen molar-refractivity contribution in [3.05, 3.63) is 100 Å². The van der Waals surface area contributed by atoms with Gasteiger partial charge in [-0.2, -0.15) is 0 Å². The molecule has 0 radical (unpaired) electrons. The summed E-state index contributed by atoms with van der Waals surface area (Å²) in [6.45, 7) is 13.8. The van der Waals surface area contributed by atoms with Crippen LogP contribution < -0.4 is 4.57 Å². The molecular weight excluding hydrogens is 410 g/mol. The molecular formula is C33H36N+. The Hall–Kier alpha value is -3.19. The number of rotatable bonds is 3. The molecule has 0 unspecified atom stereocenters. The molecule has 0 aliphatic heterocycles. The van der Waals surface area contributed by atoms with E-state index in [9.17, 15) is 0 Å². The van der Waals surface area contributed by atoms with Crippen LogP contribution in [0.4, 0.5) is 0 Å². The van der Waals surface area contributed by atoms with Gasteiger partial charge in [-0.3, -0.25) is 0 Å². The fourth-order valence-corrected chi connectivity index (χ4v) is 5.70. The van der Waals surface area contributed by atoms with Gasteiger partial charge in [0.25, 0.3) is 0 Å². The fraction of sp³-hybridized carbons (Fsp3) is 0.303. The van der Waals surface area contributed by atoms with Gasteiger partial charge in [0.05, 0.1) is 5.56 Å². The molecule has 4 aromatic rings. The molecule has 0 spiro atoms. The molecule has 1 nitrogen and oxygen atoms in total. The molecule has 0 N–H and O–H groups in total. The molecule has 0 fully saturated rings. The van der Waals surface area contributed by atoms with Crippen LogP contribution in [-0.2, 0) is 19.9 Å². The van der Waals surface area contributed by atoms with Gasteiger partial charge in [-0.25, -0.2) is 4.57 Å². The summed E-state index contributed by atoms with van der Waals surface area (Å²) in [5.41, 5.74) is 16.9. The summed E-state index contributed by atoms with van der Waals surface area (Å²) in [5, 5.41) is 0. The highest BCUT2D eigenvalue weighted by atomic mass is 14.9. The standard InChI is InChI=1S/C33H36N/c1-21-11-8-9-13-25(21)30-20-34(7)31(17-24(30)19-33(4,5)6)32-23(3)15-16-27-26-14-10-12-22(2)28(26)18-29(27)32/h8-17,20H,18-19H2,1-7H3/q+1. The van der Waals surface area contributed by atoms with Gasteiger partial charge in [-0.15, -0.1) is 0 Å². The van der Waals surface area contributed by atoms with Gasteiger partial charge in [-0.05, 0) is 89.1 Å². The van der Waals surface area contributed by atoms with Gasteiger partial charge in [0.15, 0.2) is 6.20 Å². The summed E-state index contributed by atoms with van der Waals surface area (Å²) < 4.78 is 2.35. The van der Waals surface area contributed by atoms with Gasteiger partial charge < -0.3 is 0 Å². The van der Waals surface area contributed by atoms with Crippen LogP contribution in [-0.4, -0.2) is 0 Å². The van der Waals surface area contributed by atoms with E-state index in [0.29, 0.717) is 0 Å². The second-order valence-corrected chi connectivity index (χ2v) is 11.3. The van der Waals surface area contributed by atoms with Gasteiger partial charge in [-0.1, -0.05) is 75.4 Å². The van der Waals surface area contributed by atoms with E-state index in [1.807, 2.05) is 0 Å². The van der Waals surface area contributed by atoms with E-state index >= 15 is 0 Å². The molecule has 0 saturated carbocycles. The number of aryl methyl sites for hydroxylation is 4. The fourth-order valence-electron chi connectivity index (χ4n) is 5.70. The van der Waals surface area contributed by atoms with Crippen molar-refractivity contribution in [2.45, 2.75) is 54.4 Å². The Labute approximate surface area is 205 Å². The molecule has 34 heavy (non-hydrogen) atoms. The van der Waals surface area contributed by atoms with E-state index in [1.54, 1.807) is 0 Å².